The Kier molecular flexibility index (Phi) is 4.87. The second-order valence-electron chi connectivity index (χ2n) is 6.06. The van der Waals surface area contributed by atoms with E-state index in [4.69, 9.17) is 0 Å². The summed E-state index contributed by atoms with van der Waals surface area (Å²) in [4.78, 5) is 27.3. The van der Waals surface area contributed by atoms with E-state index in [0.29, 0.717) is 6.54 Å². The van der Waals surface area contributed by atoms with Gasteiger partial charge in [-0.25, -0.2) is 0 Å². The summed E-state index contributed by atoms with van der Waals surface area (Å²) in [6, 6.07) is 6.65. The van der Waals surface area contributed by atoms with Gasteiger partial charge in [-0.05, 0) is 38.4 Å². The molecule has 0 N–H and O–H groups in total. The molecule has 0 bridgehead atoms. The summed E-state index contributed by atoms with van der Waals surface area (Å²) < 4.78 is 0. The van der Waals surface area contributed by atoms with Gasteiger partial charge in [-0.15, -0.1) is 11.8 Å². The number of nitrogens with zero attached hydrogens (tertiary/aromatic N) is 3. The van der Waals surface area contributed by atoms with Crippen LogP contribution in [0.2, 0.25) is 0 Å². The van der Waals surface area contributed by atoms with Crippen LogP contribution >= 0.6 is 11.8 Å². The van der Waals surface area contributed by atoms with Crippen LogP contribution in [0.25, 0.3) is 0 Å². The first-order valence-electron chi connectivity index (χ1n) is 7.99. The van der Waals surface area contributed by atoms with E-state index in [0.717, 1.165) is 25.2 Å². The lowest BCUT2D eigenvalue weighted by molar-refractivity contribution is -0.384. The number of likely N-dealkylation sites (tertiary alicyclic amines) is 1. The monoisotopic (exact) mass is 335 g/mol. The van der Waals surface area contributed by atoms with Crippen molar-refractivity contribution in [2.45, 2.75) is 30.4 Å². The number of hydrogen-bond donors (Lipinski definition) is 0. The average molecular weight is 335 g/mol. The second-order valence-corrected chi connectivity index (χ2v) is 7.49. The van der Waals surface area contributed by atoms with Gasteiger partial charge in [0.2, 0.25) is 5.91 Å². The number of hydrogen-bond acceptors (Lipinski definition) is 5. The number of rotatable bonds is 5. The van der Waals surface area contributed by atoms with Crippen LogP contribution in [0.4, 0.5) is 5.69 Å². The van der Waals surface area contributed by atoms with E-state index < -0.39 is 0 Å². The van der Waals surface area contributed by atoms with E-state index in [9.17, 15) is 14.9 Å². The van der Waals surface area contributed by atoms with E-state index in [2.05, 4.69) is 4.90 Å². The normalized spacial score (nSPS) is 25.3. The minimum Gasteiger partial charge on any atom is -0.324 e. The molecule has 2 fully saturated rings. The lowest BCUT2D eigenvalue weighted by Crippen LogP contribution is -2.37. The molecule has 0 radical (unpaired) electrons. The average Bonchev–Trinajstić information content (AvgIpc) is 3.15. The maximum Gasteiger partial charge on any atom is 0.269 e. The molecule has 2 aliphatic rings. The van der Waals surface area contributed by atoms with E-state index in [1.54, 1.807) is 23.9 Å². The van der Waals surface area contributed by atoms with E-state index in [1.165, 1.54) is 18.9 Å². The first kappa shape index (κ1) is 16.3. The summed E-state index contributed by atoms with van der Waals surface area (Å²) in [7, 11) is 0. The molecule has 2 heterocycles. The molecule has 2 atom stereocenters. The molecule has 2 aliphatic heterocycles. The highest BCUT2D eigenvalue weighted by Crippen LogP contribution is 2.43. The van der Waals surface area contributed by atoms with Gasteiger partial charge in [0.05, 0.1) is 10.2 Å². The van der Waals surface area contributed by atoms with Gasteiger partial charge in [0.1, 0.15) is 5.37 Å². The highest BCUT2D eigenvalue weighted by Gasteiger charge is 2.38. The summed E-state index contributed by atoms with van der Waals surface area (Å²) in [6.07, 6.45) is 2.46. The summed E-state index contributed by atoms with van der Waals surface area (Å²) >= 11 is 1.57. The molecule has 2 saturated heterocycles. The zero-order valence-electron chi connectivity index (χ0n) is 13.2. The van der Waals surface area contributed by atoms with E-state index in [-0.39, 0.29) is 27.1 Å². The van der Waals surface area contributed by atoms with Gasteiger partial charge >= 0.3 is 0 Å². The number of amides is 1. The summed E-state index contributed by atoms with van der Waals surface area (Å²) in [5, 5.41) is 10.8. The molecule has 0 aromatic heterocycles. The summed E-state index contributed by atoms with van der Waals surface area (Å²) in [6.45, 7) is 5.68. The van der Waals surface area contributed by atoms with Gasteiger partial charge < -0.3 is 9.80 Å². The number of non-ortho nitro benzene ring substituents is 1. The van der Waals surface area contributed by atoms with Crippen LogP contribution in [-0.2, 0) is 4.79 Å². The fourth-order valence-corrected chi connectivity index (χ4v) is 4.51. The standard InChI is InChI=1S/C16H21N3O3S/c1-12-15(20)18(10-9-17-7-2-3-8-17)16(23-12)13-5-4-6-14(11-13)19(21)22/h4-6,11-12,16H,2-3,7-10H2,1H3/t12-,16-/m1/s1. The van der Waals surface area contributed by atoms with Crippen molar-refractivity contribution in [1.82, 2.24) is 9.80 Å². The van der Waals surface area contributed by atoms with Crippen molar-refractivity contribution in [3.05, 3.63) is 39.9 Å². The third-order valence-electron chi connectivity index (χ3n) is 4.47. The largest absolute Gasteiger partial charge is 0.324 e. The summed E-state index contributed by atoms with van der Waals surface area (Å²) in [5.74, 6) is 0.130. The number of carbonyl (C=O) groups excluding carboxylic acids is 1. The van der Waals surface area contributed by atoms with Crippen molar-refractivity contribution >= 4 is 23.4 Å². The molecule has 6 nitrogen and oxygen atoms in total. The van der Waals surface area contributed by atoms with Crippen LogP contribution in [0.3, 0.4) is 0 Å². The third-order valence-corrected chi connectivity index (χ3v) is 5.86. The Morgan fingerprint density at radius 2 is 2.04 bits per heavy atom. The molecule has 124 valence electrons. The maximum atomic E-state index is 12.5. The van der Waals surface area contributed by atoms with Crippen LogP contribution in [0.1, 0.15) is 30.7 Å². The van der Waals surface area contributed by atoms with Gasteiger partial charge in [-0.2, -0.15) is 0 Å². The fraction of sp³-hybridized carbons (Fsp3) is 0.562. The van der Waals surface area contributed by atoms with Crippen molar-refractivity contribution in [3.8, 4) is 0 Å². The van der Waals surface area contributed by atoms with Crippen molar-refractivity contribution in [1.29, 1.82) is 0 Å². The Morgan fingerprint density at radius 3 is 2.74 bits per heavy atom. The molecule has 0 spiro atoms. The Balaban J connectivity index is 1.76. The highest BCUT2D eigenvalue weighted by atomic mass is 32.2. The molecule has 1 aromatic rings. The van der Waals surface area contributed by atoms with Crippen LogP contribution < -0.4 is 0 Å². The van der Waals surface area contributed by atoms with Crippen LogP contribution in [0.5, 0.6) is 0 Å². The number of nitro groups is 1. The zero-order valence-corrected chi connectivity index (χ0v) is 14.0. The molecular formula is C16H21N3O3S. The molecule has 0 unspecified atom stereocenters. The van der Waals surface area contributed by atoms with Crippen LogP contribution in [-0.4, -0.2) is 52.1 Å². The topological polar surface area (TPSA) is 66.7 Å². The molecule has 0 aliphatic carbocycles. The second kappa shape index (κ2) is 6.88. The molecular weight excluding hydrogens is 314 g/mol. The smallest absolute Gasteiger partial charge is 0.269 e. The number of thioether (sulfide) groups is 1. The van der Waals surface area contributed by atoms with Crippen molar-refractivity contribution < 1.29 is 9.72 Å². The van der Waals surface area contributed by atoms with Gasteiger partial charge in [0, 0.05) is 25.2 Å². The minimum absolute atomic E-state index is 0.0783. The zero-order chi connectivity index (χ0) is 16.4. The number of nitro benzene ring substituents is 1. The SMILES string of the molecule is C[C@H]1S[C@H](c2cccc([N+](=O)[O-])c2)N(CCN2CCCC2)C1=O. The predicted molar refractivity (Wildman–Crippen MR) is 90.3 cm³/mol. The molecule has 7 heteroatoms. The lowest BCUT2D eigenvalue weighted by Gasteiger charge is -2.26. The van der Waals surface area contributed by atoms with Gasteiger partial charge in [0.25, 0.3) is 5.69 Å². The van der Waals surface area contributed by atoms with Gasteiger partial charge in [-0.3, -0.25) is 14.9 Å². The lowest BCUT2D eigenvalue weighted by atomic mass is 10.2. The highest BCUT2D eigenvalue weighted by molar-refractivity contribution is 8.01. The third kappa shape index (κ3) is 3.50. The molecule has 1 aromatic carbocycles. The molecule has 1 amide bonds. The van der Waals surface area contributed by atoms with E-state index in [1.807, 2.05) is 17.9 Å². The van der Waals surface area contributed by atoms with E-state index >= 15 is 0 Å². The first-order valence-corrected chi connectivity index (χ1v) is 8.93. The maximum absolute atomic E-state index is 12.5. The van der Waals surface area contributed by atoms with Crippen molar-refractivity contribution in [2.75, 3.05) is 26.2 Å². The Morgan fingerprint density at radius 1 is 1.30 bits per heavy atom. The van der Waals surface area contributed by atoms with Crippen molar-refractivity contribution in [3.63, 3.8) is 0 Å². The molecule has 0 saturated carbocycles. The Bertz CT molecular complexity index is 604. The Hall–Kier alpha value is -1.60. The van der Waals surface area contributed by atoms with Crippen molar-refractivity contribution in [2.24, 2.45) is 0 Å². The summed E-state index contributed by atoms with van der Waals surface area (Å²) in [5.41, 5.74) is 0.915. The predicted octanol–water partition coefficient (Wildman–Crippen LogP) is 2.65. The minimum atomic E-state index is -0.386. The van der Waals surface area contributed by atoms with Gasteiger partial charge in [0.15, 0.2) is 0 Å². The quantitative estimate of drug-likeness (QED) is 0.611. The molecule has 3 rings (SSSR count). The first-order chi connectivity index (χ1) is 11.1. The fourth-order valence-electron chi connectivity index (χ4n) is 3.21. The van der Waals surface area contributed by atoms with Crippen LogP contribution in [0, 0.1) is 10.1 Å². The Labute approximate surface area is 140 Å². The van der Waals surface area contributed by atoms with Gasteiger partial charge in [-0.1, -0.05) is 12.1 Å². The van der Waals surface area contributed by atoms with Crippen LogP contribution in [0.15, 0.2) is 24.3 Å². The number of benzene rings is 1. The number of carbonyl (C=O) groups is 1. The molecule has 23 heavy (non-hydrogen) atoms.